The molecule has 0 bridgehead atoms. The van der Waals surface area contributed by atoms with Crippen molar-refractivity contribution in [3.05, 3.63) is 6.33 Å². The average Bonchev–Trinajstić information content (AvgIpc) is 3.08. The van der Waals surface area contributed by atoms with Gasteiger partial charge in [-0.1, -0.05) is 0 Å². The summed E-state index contributed by atoms with van der Waals surface area (Å²) >= 11 is 0. The standard InChI is InChI=1S/C19H29N9O6/c1-19(2,3)34-18(33)22-6-7-27(9-13(31)32)12(30)8-28-10-23-14-15(21)25-17(26-16(14)28)24-11(29)4-5-20/h10H,4-9,20H2,1-3H3,(H,22,33)(H,31,32)(H3,21,24,25,26,29). The molecule has 2 heterocycles. The van der Waals surface area contributed by atoms with Crippen LogP contribution in [0.15, 0.2) is 6.33 Å². The SMILES string of the molecule is CC(C)(C)OC(=O)NCCN(CC(=O)O)C(=O)Cn1cnc2c(N)nc(NC(=O)CCN)nc21. The van der Waals surface area contributed by atoms with E-state index >= 15 is 0 Å². The predicted octanol–water partition coefficient (Wildman–Crippen LogP) is -0.866. The number of carboxylic acid groups (broad SMARTS) is 1. The highest BCUT2D eigenvalue weighted by Gasteiger charge is 2.21. The van der Waals surface area contributed by atoms with Crippen molar-refractivity contribution in [2.24, 2.45) is 5.73 Å². The number of carboxylic acids is 1. The fourth-order valence-corrected chi connectivity index (χ4v) is 2.76. The molecule has 2 rings (SSSR count). The van der Waals surface area contributed by atoms with Crippen molar-refractivity contribution in [3.8, 4) is 0 Å². The highest BCUT2D eigenvalue weighted by atomic mass is 16.6. The molecule has 0 saturated heterocycles. The number of hydrogen-bond acceptors (Lipinski definition) is 10. The van der Waals surface area contributed by atoms with Gasteiger partial charge in [-0.25, -0.2) is 9.78 Å². The van der Waals surface area contributed by atoms with Crippen LogP contribution in [0.1, 0.15) is 27.2 Å². The number of amides is 3. The molecule has 15 heteroatoms. The van der Waals surface area contributed by atoms with E-state index in [1.807, 2.05) is 0 Å². The number of nitrogens with one attached hydrogen (secondary N) is 2. The van der Waals surface area contributed by atoms with Gasteiger partial charge in [-0.15, -0.1) is 0 Å². The number of anilines is 2. The summed E-state index contributed by atoms with van der Waals surface area (Å²) in [4.78, 5) is 61.0. The number of nitrogens with two attached hydrogens (primary N) is 2. The largest absolute Gasteiger partial charge is 0.480 e. The van der Waals surface area contributed by atoms with E-state index in [4.69, 9.17) is 16.2 Å². The molecule has 186 valence electrons. The number of ether oxygens (including phenoxy) is 1. The Morgan fingerprint density at radius 2 is 1.94 bits per heavy atom. The van der Waals surface area contributed by atoms with E-state index in [1.54, 1.807) is 20.8 Å². The number of imidazole rings is 1. The summed E-state index contributed by atoms with van der Waals surface area (Å²) in [5.74, 6) is -2.30. The van der Waals surface area contributed by atoms with Gasteiger partial charge in [-0.05, 0) is 20.8 Å². The van der Waals surface area contributed by atoms with Crippen molar-refractivity contribution in [2.45, 2.75) is 39.3 Å². The lowest BCUT2D eigenvalue weighted by Gasteiger charge is -2.23. The zero-order valence-corrected chi connectivity index (χ0v) is 19.2. The normalized spacial score (nSPS) is 11.2. The molecule has 0 fully saturated rings. The second-order valence-corrected chi connectivity index (χ2v) is 8.20. The van der Waals surface area contributed by atoms with Crippen molar-refractivity contribution in [1.82, 2.24) is 29.7 Å². The molecular formula is C19H29N9O6. The number of nitrogen functional groups attached to an aromatic ring is 1. The van der Waals surface area contributed by atoms with Crippen molar-refractivity contribution < 1.29 is 29.0 Å². The van der Waals surface area contributed by atoms with E-state index in [2.05, 4.69) is 25.6 Å². The maximum Gasteiger partial charge on any atom is 0.407 e. The van der Waals surface area contributed by atoms with Gasteiger partial charge in [0.05, 0.1) is 6.33 Å². The van der Waals surface area contributed by atoms with Gasteiger partial charge in [0.2, 0.25) is 17.8 Å². The van der Waals surface area contributed by atoms with Crippen LogP contribution >= 0.6 is 0 Å². The van der Waals surface area contributed by atoms with Crippen LogP contribution in [0.25, 0.3) is 11.2 Å². The lowest BCUT2D eigenvalue weighted by Crippen LogP contribution is -2.43. The number of alkyl carbamates (subject to hydrolysis) is 1. The smallest absolute Gasteiger partial charge is 0.407 e. The Hall–Kier alpha value is -4.01. The average molecular weight is 479 g/mol. The summed E-state index contributed by atoms with van der Waals surface area (Å²) in [6.07, 6.45) is 0.671. The van der Waals surface area contributed by atoms with Crippen LogP contribution in [-0.2, 0) is 25.7 Å². The Morgan fingerprint density at radius 1 is 1.24 bits per heavy atom. The molecule has 0 radical (unpaired) electrons. The molecule has 0 aromatic carbocycles. The highest BCUT2D eigenvalue weighted by molar-refractivity contribution is 5.91. The lowest BCUT2D eigenvalue weighted by molar-refractivity contribution is -0.144. The van der Waals surface area contributed by atoms with Gasteiger partial charge in [-0.2, -0.15) is 9.97 Å². The van der Waals surface area contributed by atoms with Crippen molar-refractivity contribution >= 4 is 46.8 Å². The summed E-state index contributed by atoms with van der Waals surface area (Å²) in [5.41, 5.74) is 10.9. The fourth-order valence-electron chi connectivity index (χ4n) is 2.76. The molecule has 0 saturated carbocycles. The molecule has 15 nitrogen and oxygen atoms in total. The van der Waals surface area contributed by atoms with E-state index < -0.39 is 36.0 Å². The second-order valence-electron chi connectivity index (χ2n) is 8.20. The molecule has 0 aliphatic heterocycles. The van der Waals surface area contributed by atoms with Crippen molar-refractivity contribution in [2.75, 3.05) is 37.2 Å². The molecule has 34 heavy (non-hydrogen) atoms. The van der Waals surface area contributed by atoms with Crippen LogP contribution < -0.4 is 22.1 Å². The molecule has 0 unspecified atom stereocenters. The van der Waals surface area contributed by atoms with E-state index in [0.29, 0.717) is 0 Å². The Kier molecular flexibility index (Phi) is 8.66. The van der Waals surface area contributed by atoms with E-state index in [9.17, 15) is 24.3 Å². The summed E-state index contributed by atoms with van der Waals surface area (Å²) in [5, 5.41) is 14.1. The van der Waals surface area contributed by atoms with Gasteiger partial charge in [0.25, 0.3) is 0 Å². The number of fused-ring (bicyclic) bond motifs is 1. The Balaban J connectivity index is 2.13. The molecule has 2 aromatic heterocycles. The van der Waals surface area contributed by atoms with Crippen LogP contribution in [0, 0.1) is 0 Å². The zero-order chi connectivity index (χ0) is 25.5. The first-order valence-corrected chi connectivity index (χ1v) is 10.3. The third-order valence-electron chi connectivity index (χ3n) is 4.15. The first kappa shape index (κ1) is 26.2. The van der Waals surface area contributed by atoms with Crippen LogP contribution in [0.2, 0.25) is 0 Å². The van der Waals surface area contributed by atoms with E-state index in [1.165, 1.54) is 10.9 Å². The molecule has 0 spiro atoms. The van der Waals surface area contributed by atoms with Gasteiger partial charge in [0, 0.05) is 26.1 Å². The predicted molar refractivity (Wildman–Crippen MR) is 120 cm³/mol. The Labute approximate surface area is 194 Å². The molecule has 7 N–H and O–H groups in total. The molecule has 0 atom stereocenters. The number of carbonyl (C=O) groups is 4. The van der Waals surface area contributed by atoms with Gasteiger partial charge in [-0.3, -0.25) is 19.7 Å². The van der Waals surface area contributed by atoms with Crippen LogP contribution in [0.4, 0.5) is 16.6 Å². The zero-order valence-electron chi connectivity index (χ0n) is 19.2. The second kappa shape index (κ2) is 11.2. The number of hydrogen-bond donors (Lipinski definition) is 5. The first-order chi connectivity index (χ1) is 15.9. The Bertz CT molecular complexity index is 1060. The van der Waals surface area contributed by atoms with Crippen LogP contribution in [0.3, 0.4) is 0 Å². The van der Waals surface area contributed by atoms with Crippen molar-refractivity contribution in [3.63, 3.8) is 0 Å². The number of aromatic nitrogens is 4. The van der Waals surface area contributed by atoms with Crippen LogP contribution in [-0.4, -0.2) is 85.2 Å². The van der Waals surface area contributed by atoms with E-state index in [-0.39, 0.29) is 55.5 Å². The summed E-state index contributed by atoms with van der Waals surface area (Å²) in [7, 11) is 0. The number of aliphatic carboxylic acids is 1. The highest BCUT2D eigenvalue weighted by Crippen LogP contribution is 2.18. The molecule has 2 aromatic rings. The third kappa shape index (κ3) is 7.84. The van der Waals surface area contributed by atoms with Gasteiger partial charge in [0.15, 0.2) is 11.5 Å². The minimum absolute atomic E-state index is 0.0109. The Morgan fingerprint density at radius 3 is 2.56 bits per heavy atom. The third-order valence-corrected chi connectivity index (χ3v) is 4.15. The minimum atomic E-state index is -1.22. The first-order valence-electron chi connectivity index (χ1n) is 10.3. The molecule has 3 amide bonds. The fraction of sp³-hybridized carbons (Fsp3) is 0.526. The number of carbonyl (C=O) groups excluding carboxylic acids is 3. The molecular weight excluding hydrogens is 450 g/mol. The number of nitrogens with zero attached hydrogens (tertiary/aromatic N) is 5. The van der Waals surface area contributed by atoms with Gasteiger partial charge < -0.3 is 36.1 Å². The topological polar surface area (TPSA) is 221 Å². The van der Waals surface area contributed by atoms with Crippen molar-refractivity contribution in [1.29, 1.82) is 0 Å². The van der Waals surface area contributed by atoms with Gasteiger partial charge >= 0.3 is 12.1 Å². The van der Waals surface area contributed by atoms with Gasteiger partial charge in [0.1, 0.15) is 24.2 Å². The summed E-state index contributed by atoms with van der Waals surface area (Å²) < 4.78 is 6.47. The van der Waals surface area contributed by atoms with Crippen LogP contribution in [0.5, 0.6) is 0 Å². The molecule has 0 aliphatic rings. The quantitative estimate of drug-likeness (QED) is 0.282. The number of rotatable bonds is 10. The maximum absolute atomic E-state index is 12.8. The minimum Gasteiger partial charge on any atom is -0.480 e. The summed E-state index contributed by atoms with van der Waals surface area (Å²) in [6.45, 7) is 4.24. The monoisotopic (exact) mass is 479 g/mol. The summed E-state index contributed by atoms with van der Waals surface area (Å²) in [6, 6.07) is 0. The maximum atomic E-state index is 12.8. The lowest BCUT2D eigenvalue weighted by atomic mass is 10.2. The molecule has 0 aliphatic carbocycles. The van der Waals surface area contributed by atoms with E-state index in [0.717, 1.165) is 4.90 Å².